The number of benzene rings is 1. The largest absolute Gasteiger partial charge is 0.399 e. The van der Waals surface area contributed by atoms with Gasteiger partial charge in [0, 0.05) is 29.2 Å². The van der Waals surface area contributed by atoms with Gasteiger partial charge >= 0.3 is 0 Å². The molecule has 1 aromatic heterocycles. The Balaban J connectivity index is 2.36. The number of hydrogen-bond acceptors (Lipinski definition) is 5. The number of carbonyl (C=O) groups excluding carboxylic acids is 1. The number of rotatable bonds is 3. The van der Waals surface area contributed by atoms with E-state index in [1.54, 1.807) is 31.4 Å². The van der Waals surface area contributed by atoms with Crippen LogP contribution in [0.15, 0.2) is 39.0 Å². The van der Waals surface area contributed by atoms with Gasteiger partial charge in [-0.2, -0.15) is 0 Å². The Bertz CT molecular complexity index is 526. The molecular weight excluding hydrogens is 254 g/mol. The first kappa shape index (κ1) is 11.9. The maximum atomic E-state index is 11.7. The zero-order valence-corrected chi connectivity index (χ0v) is 10.8. The van der Waals surface area contributed by atoms with E-state index in [-0.39, 0.29) is 5.91 Å². The molecule has 3 N–H and O–H groups in total. The second-order valence-electron chi connectivity index (χ2n) is 3.23. The number of carbonyl (C=O) groups is 1. The van der Waals surface area contributed by atoms with Crippen LogP contribution in [0.4, 0.5) is 5.69 Å². The van der Waals surface area contributed by atoms with Crippen molar-refractivity contribution >= 4 is 34.7 Å². The Kier molecular flexibility index (Phi) is 3.65. The van der Waals surface area contributed by atoms with Crippen LogP contribution in [0.25, 0.3) is 0 Å². The third-order valence-electron chi connectivity index (χ3n) is 2.08. The molecule has 0 saturated carbocycles. The summed E-state index contributed by atoms with van der Waals surface area (Å²) in [6.45, 7) is 0. The van der Waals surface area contributed by atoms with Crippen LogP contribution < -0.4 is 11.1 Å². The molecule has 0 spiro atoms. The maximum absolute atomic E-state index is 11.7. The van der Waals surface area contributed by atoms with Gasteiger partial charge in [0.15, 0.2) is 4.34 Å². The first-order valence-corrected chi connectivity index (χ1v) is 6.59. The van der Waals surface area contributed by atoms with E-state index in [2.05, 4.69) is 10.3 Å². The molecule has 0 fully saturated rings. The highest BCUT2D eigenvalue weighted by molar-refractivity contribution is 8.01. The van der Waals surface area contributed by atoms with Gasteiger partial charge in [0.05, 0.1) is 5.56 Å². The zero-order chi connectivity index (χ0) is 12.3. The number of thiazole rings is 1. The number of amides is 1. The van der Waals surface area contributed by atoms with E-state index in [0.29, 0.717) is 11.3 Å². The molecule has 88 valence electrons. The van der Waals surface area contributed by atoms with E-state index in [4.69, 9.17) is 5.73 Å². The zero-order valence-electron chi connectivity index (χ0n) is 9.14. The summed E-state index contributed by atoms with van der Waals surface area (Å²) < 4.78 is 0.890. The average Bonchev–Trinajstić information content (AvgIpc) is 2.81. The van der Waals surface area contributed by atoms with E-state index in [1.807, 2.05) is 5.38 Å². The van der Waals surface area contributed by atoms with E-state index in [0.717, 1.165) is 9.24 Å². The van der Waals surface area contributed by atoms with E-state index >= 15 is 0 Å². The predicted molar refractivity (Wildman–Crippen MR) is 70.5 cm³/mol. The number of nitrogen functional groups attached to an aromatic ring is 1. The van der Waals surface area contributed by atoms with E-state index in [9.17, 15) is 4.79 Å². The highest BCUT2D eigenvalue weighted by atomic mass is 32.2. The normalized spacial score (nSPS) is 10.2. The minimum atomic E-state index is -0.121. The van der Waals surface area contributed by atoms with Gasteiger partial charge in [0.25, 0.3) is 5.91 Å². The molecule has 2 aromatic rings. The van der Waals surface area contributed by atoms with Crippen molar-refractivity contribution in [3.8, 4) is 0 Å². The van der Waals surface area contributed by atoms with Crippen LogP contribution in [0.2, 0.25) is 0 Å². The first-order chi connectivity index (χ1) is 8.20. The van der Waals surface area contributed by atoms with Gasteiger partial charge in [-0.3, -0.25) is 4.79 Å². The van der Waals surface area contributed by atoms with Crippen molar-refractivity contribution in [2.75, 3.05) is 12.8 Å². The number of nitrogens with two attached hydrogens (primary N) is 1. The minimum Gasteiger partial charge on any atom is -0.399 e. The summed E-state index contributed by atoms with van der Waals surface area (Å²) in [5, 5.41) is 4.51. The van der Waals surface area contributed by atoms with Crippen LogP contribution in [-0.4, -0.2) is 17.9 Å². The lowest BCUT2D eigenvalue weighted by Crippen LogP contribution is -2.18. The molecule has 0 unspecified atom stereocenters. The fourth-order valence-electron chi connectivity index (χ4n) is 1.30. The van der Waals surface area contributed by atoms with Gasteiger partial charge in [-0.1, -0.05) is 11.8 Å². The Morgan fingerprint density at radius 2 is 2.35 bits per heavy atom. The number of aromatic nitrogens is 1. The Morgan fingerprint density at radius 3 is 3.00 bits per heavy atom. The van der Waals surface area contributed by atoms with Crippen LogP contribution in [0.5, 0.6) is 0 Å². The maximum Gasteiger partial charge on any atom is 0.252 e. The molecule has 1 heterocycles. The third-order valence-corrected chi connectivity index (χ3v) is 4.03. The molecule has 2 rings (SSSR count). The van der Waals surface area contributed by atoms with Gasteiger partial charge < -0.3 is 11.1 Å². The molecule has 0 aliphatic heterocycles. The van der Waals surface area contributed by atoms with E-state index in [1.165, 1.54) is 23.1 Å². The van der Waals surface area contributed by atoms with Crippen molar-refractivity contribution in [2.45, 2.75) is 9.24 Å². The predicted octanol–water partition coefficient (Wildman–Crippen LogP) is 2.24. The van der Waals surface area contributed by atoms with Crippen molar-refractivity contribution in [1.82, 2.24) is 10.3 Å². The molecule has 0 atom stereocenters. The first-order valence-electron chi connectivity index (χ1n) is 4.89. The van der Waals surface area contributed by atoms with Crippen molar-refractivity contribution < 1.29 is 4.79 Å². The number of hydrogen-bond donors (Lipinski definition) is 2. The molecule has 0 bridgehead atoms. The lowest BCUT2D eigenvalue weighted by Gasteiger charge is -2.07. The average molecular weight is 265 g/mol. The topological polar surface area (TPSA) is 68.0 Å². The molecule has 0 saturated heterocycles. The van der Waals surface area contributed by atoms with Crippen LogP contribution >= 0.6 is 23.1 Å². The van der Waals surface area contributed by atoms with Crippen LogP contribution in [-0.2, 0) is 0 Å². The van der Waals surface area contributed by atoms with Gasteiger partial charge in [-0.15, -0.1) is 11.3 Å². The molecule has 1 amide bonds. The summed E-state index contributed by atoms with van der Waals surface area (Å²) in [6.07, 6.45) is 1.73. The van der Waals surface area contributed by atoms with Crippen molar-refractivity contribution in [1.29, 1.82) is 0 Å². The molecule has 1 aromatic carbocycles. The Hall–Kier alpha value is -1.53. The van der Waals surface area contributed by atoms with Crippen molar-refractivity contribution in [3.63, 3.8) is 0 Å². The molecule has 0 radical (unpaired) electrons. The SMILES string of the molecule is CNC(=O)c1ccc(N)cc1Sc1nccs1. The molecule has 0 aliphatic carbocycles. The standard InChI is InChI=1S/C11H11N3OS2/c1-13-10(15)8-3-2-7(12)6-9(8)17-11-14-4-5-16-11/h2-6H,12H2,1H3,(H,13,15). The summed E-state index contributed by atoms with van der Waals surface area (Å²) in [7, 11) is 1.61. The quantitative estimate of drug-likeness (QED) is 0.835. The van der Waals surface area contributed by atoms with Crippen LogP contribution in [0.1, 0.15) is 10.4 Å². The van der Waals surface area contributed by atoms with Crippen molar-refractivity contribution in [3.05, 3.63) is 35.3 Å². The van der Waals surface area contributed by atoms with Crippen molar-refractivity contribution in [2.24, 2.45) is 0 Å². The van der Waals surface area contributed by atoms with Crippen LogP contribution in [0, 0.1) is 0 Å². The highest BCUT2D eigenvalue weighted by Crippen LogP contribution is 2.33. The Labute approximate surface area is 107 Å². The summed E-state index contributed by atoms with van der Waals surface area (Å²) >= 11 is 2.98. The third kappa shape index (κ3) is 2.78. The van der Waals surface area contributed by atoms with E-state index < -0.39 is 0 Å². The fraction of sp³-hybridized carbons (Fsp3) is 0.0909. The lowest BCUT2D eigenvalue weighted by molar-refractivity contribution is 0.0960. The highest BCUT2D eigenvalue weighted by Gasteiger charge is 2.12. The monoisotopic (exact) mass is 265 g/mol. The molecule has 17 heavy (non-hydrogen) atoms. The van der Waals surface area contributed by atoms with Gasteiger partial charge in [-0.05, 0) is 18.2 Å². The lowest BCUT2D eigenvalue weighted by atomic mass is 10.2. The molecule has 4 nitrogen and oxygen atoms in total. The smallest absolute Gasteiger partial charge is 0.252 e. The minimum absolute atomic E-state index is 0.121. The number of anilines is 1. The number of nitrogens with one attached hydrogen (secondary N) is 1. The molecule has 0 aliphatic rings. The number of nitrogens with zero attached hydrogens (tertiary/aromatic N) is 1. The summed E-state index contributed by atoms with van der Waals surface area (Å²) in [6, 6.07) is 5.23. The van der Waals surface area contributed by atoms with Gasteiger partial charge in [-0.25, -0.2) is 4.98 Å². The summed E-state index contributed by atoms with van der Waals surface area (Å²) in [5.41, 5.74) is 6.98. The van der Waals surface area contributed by atoms with Gasteiger partial charge in [0.2, 0.25) is 0 Å². The second kappa shape index (κ2) is 5.20. The van der Waals surface area contributed by atoms with Gasteiger partial charge in [0.1, 0.15) is 0 Å². The Morgan fingerprint density at radius 1 is 1.53 bits per heavy atom. The second-order valence-corrected chi connectivity index (χ2v) is 5.42. The molecular formula is C11H11N3OS2. The fourth-order valence-corrected chi connectivity index (χ4v) is 3.06. The molecule has 6 heteroatoms. The summed E-state index contributed by atoms with van der Waals surface area (Å²) in [4.78, 5) is 16.7. The summed E-state index contributed by atoms with van der Waals surface area (Å²) in [5.74, 6) is -0.121. The van der Waals surface area contributed by atoms with Crippen LogP contribution in [0.3, 0.4) is 0 Å².